The predicted molar refractivity (Wildman–Crippen MR) is 135 cm³/mol. The minimum absolute atomic E-state index is 0.232. The van der Waals surface area contributed by atoms with Crippen molar-refractivity contribution >= 4 is 39.7 Å². The van der Waals surface area contributed by atoms with Crippen LogP contribution < -0.4 is 10.1 Å². The minimum Gasteiger partial charge on any atom is -0.492 e. The molecule has 1 unspecified atom stereocenters. The lowest BCUT2D eigenvalue weighted by Gasteiger charge is -2.17. The van der Waals surface area contributed by atoms with Gasteiger partial charge in [-0.3, -0.25) is 4.79 Å². The van der Waals surface area contributed by atoms with E-state index < -0.39 is 0 Å². The lowest BCUT2D eigenvalue weighted by molar-refractivity contribution is -0.142. The Labute approximate surface area is 206 Å². The van der Waals surface area contributed by atoms with E-state index in [1.165, 1.54) is 7.11 Å². The summed E-state index contributed by atoms with van der Waals surface area (Å²) >= 11 is 2.26. The maximum Gasteiger partial charge on any atom is 0.313 e. The molecule has 1 heterocycles. The lowest BCUT2D eigenvalue weighted by atomic mass is 9.92. The van der Waals surface area contributed by atoms with Crippen LogP contribution in [0.5, 0.6) is 5.75 Å². The van der Waals surface area contributed by atoms with Crippen LogP contribution in [-0.2, 0) is 22.5 Å². The Kier molecular flexibility index (Phi) is 7.96. The van der Waals surface area contributed by atoms with Crippen LogP contribution in [0, 0.1) is 3.57 Å². The van der Waals surface area contributed by atoms with Gasteiger partial charge in [0.05, 0.1) is 19.6 Å². The van der Waals surface area contributed by atoms with E-state index in [4.69, 9.17) is 13.9 Å². The van der Waals surface area contributed by atoms with Crippen LogP contribution in [0.25, 0.3) is 11.1 Å². The molecule has 0 aliphatic rings. The third-order valence-electron chi connectivity index (χ3n) is 5.29. The molecule has 0 bridgehead atoms. The van der Waals surface area contributed by atoms with Gasteiger partial charge in [-0.15, -0.1) is 0 Å². The maximum absolute atomic E-state index is 12.4. The molecule has 6 nitrogen and oxygen atoms in total. The van der Waals surface area contributed by atoms with E-state index in [0.717, 1.165) is 31.5 Å². The molecule has 0 aliphatic carbocycles. The number of fused-ring (bicyclic) bond motifs is 1. The normalized spacial score (nSPS) is 11.9. The fraction of sp³-hybridized carbons (Fsp3) is 0.231. The molecular weight excluding hydrogens is 531 g/mol. The van der Waals surface area contributed by atoms with Crippen molar-refractivity contribution in [1.29, 1.82) is 0 Å². The van der Waals surface area contributed by atoms with Gasteiger partial charge in [0.15, 0.2) is 5.58 Å². The average molecular weight is 556 g/mol. The van der Waals surface area contributed by atoms with Gasteiger partial charge >= 0.3 is 5.97 Å². The Balaban J connectivity index is 1.27. The van der Waals surface area contributed by atoms with Crippen molar-refractivity contribution in [2.75, 3.05) is 20.3 Å². The molecular formula is C26H25IN2O4. The fourth-order valence-corrected chi connectivity index (χ4v) is 4.37. The van der Waals surface area contributed by atoms with E-state index in [1.807, 2.05) is 72.8 Å². The maximum atomic E-state index is 12.4. The molecule has 3 aromatic carbocycles. The Morgan fingerprint density at radius 3 is 2.58 bits per heavy atom. The molecule has 1 aromatic heterocycles. The fourth-order valence-electron chi connectivity index (χ4n) is 3.61. The second-order valence-corrected chi connectivity index (χ2v) is 8.71. The Hall–Kier alpha value is -2.91. The summed E-state index contributed by atoms with van der Waals surface area (Å²) in [7, 11) is 1.43. The van der Waals surface area contributed by atoms with Crippen molar-refractivity contribution in [3.8, 4) is 5.75 Å². The molecule has 170 valence electrons. The summed E-state index contributed by atoms with van der Waals surface area (Å²) < 4.78 is 17.6. The lowest BCUT2D eigenvalue weighted by Crippen LogP contribution is -2.20. The summed E-state index contributed by atoms with van der Waals surface area (Å²) in [4.78, 5) is 16.9. The van der Waals surface area contributed by atoms with Crippen LogP contribution in [0.1, 0.15) is 22.9 Å². The zero-order chi connectivity index (χ0) is 23.0. The number of oxazole rings is 1. The van der Waals surface area contributed by atoms with Crippen molar-refractivity contribution in [3.63, 3.8) is 0 Å². The molecule has 0 radical (unpaired) electrons. The first-order valence-corrected chi connectivity index (χ1v) is 11.8. The molecule has 0 saturated carbocycles. The number of carbonyl (C=O) groups is 1. The van der Waals surface area contributed by atoms with Crippen LogP contribution in [0.3, 0.4) is 0 Å². The monoisotopic (exact) mass is 556 g/mol. The van der Waals surface area contributed by atoms with Crippen molar-refractivity contribution in [2.24, 2.45) is 0 Å². The molecule has 4 aromatic rings. The molecule has 0 spiro atoms. The number of carbonyl (C=O) groups excluding carboxylic acids is 1. The number of esters is 1. The van der Waals surface area contributed by atoms with Gasteiger partial charge in [0.25, 0.3) is 0 Å². The molecule has 1 N–H and O–H groups in total. The largest absolute Gasteiger partial charge is 0.492 e. The van der Waals surface area contributed by atoms with Gasteiger partial charge in [0.2, 0.25) is 5.89 Å². The number of benzene rings is 3. The summed E-state index contributed by atoms with van der Waals surface area (Å²) in [5.41, 5.74) is 3.69. The van der Waals surface area contributed by atoms with Crippen molar-refractivity contribution in [2.45, 2.75) is 18.9 Å². The van der Waals surface area contributed by atoms with Gasteiger partial charge < -0.3 is 19.2 Å². The van der Waals surface area contributed by atoms with E-state index in [0.29, 0.717) is 32.0 Å². The van der Waals surface area contributed by atoms with Crippen LogP contribution in [0.4, 0.5) is 0 Å². The van der Waals surface area contributed by atoms with E-state index in [1.54, 1.807) is 0 Å². The van der Waals surface area contributed by atoms with E-state index in [2.05, 4.69) is 32.9 Å². The predicted octanol–water partition coefficient (Wildman–Crippen LogP) is 5.10. The first kappa shape index (κ1) is 23.3. The summed E-state index contributed by atoms with van der Waals surface area (Å²) in [6, 6.07) is 23.5. The van der Waals surface area contributed by atoms with Crippen molar-refractivity contribution in [3.05, 3.63) is 93.4 Å². The Bertz CT molecular complexity index is 1170. The van der Waals surface area contributed by atoms with Gasteiger partial charge in [-0.1, -0.05) is 42.5 Å². The molecule has 1 atom stereocenters. The zero-order valence-electron chi connectivity index (χ0n) is 18.3. The van der Waals surface area contributed by atoms with Crippen molar-refractivity contribution < 1.29 is 18.7 Å². The highest BCUT2D eigenvalue weighted by atomic mass is 127. The summed E-state index contributed by atoms with van der Waals surface area (Å²) in [6.45, 7) is 1.73. The van der Waals surface area contributed by atoms with Gasteiger partial charge in [-0.2, -0.15) is 0 Å². The quantitative estimate of drug-likeness (QED) is 0.167. The van der Waals surface area contributed by atoms with Crippen LogP contribution in [0.2, 0.25) is 0 Å². The molecule has 0 aliphatic heterocycles. The summed E-state index contributed by atoms with van der Waals surface area (Å²) in [5, 5.41) is 3.28. The van der Waals surface area contributed by atoms with E-state index in [-0.39, 0.29) is 11.9 Å². The van der Waals surface area contributed by atoms with Crippen LogP contribution in [0.15, 0.2) is 77.2 Å². The smallest absolute Gasteiger partial charge is 0.313 e. The number of methoxy groups -OCH3 is 1. The third-order valence-corrected chi connectivity index (χ3v) is 6.27. The standard InChI is InChI=1S/C26H25IN2O4/c1-31-26(30)21(20-6-2-3-7-22(20)27)16-18-10-12-19(13-11-18)32-15-14-28-17-25-29-23-8-4-5-9-24(23)33-25/h2-13,21,28H,14-17H2,1H3. The van der Waals surface area contributed by atoms with Crippen LogP contribution in [-0.4, -0.2) is 31.2 Å². The number of rotatable bonds is 10. The first-order valence-electron chi connectivity index (χ1n) is 10.7. The molecule has 0 amide bonds. The number of aromatic nitrogens is 1. The van der Waals surface area contributed by atoms with Crippen LogP contribution >= 0.6 is 22.6 Å². The summed E-state index contributed by atoms with van der Waals surface area (Å²) in [6.07, 6.45) is 0.568. The molecule has 4 rings (SSSR count). The van der Waals surface area contributed by atoms with Crippen molar-refractivity contribution in [1.82, 2.24) is 10.3 Å². The molecule has 0 saturated heterocycles. The SMILES string of the molecule is COC(=O)C(Cc1ccc(OCCNCc2nc3ccccc3o2)cc1)c1ccccc1I. The Morgan fingerprint density at radius 1 is 1.06 bits per heavy atom. The highest BCUT2D eigenvalue weighted by molar-refractivity contribution is 14.1. The van der Waals surface area contributed by atoms with Gasteiger partial charge in [0, 0.05) is 10.1 Å². The number of ether oxygens (including phenoxy) is 2. The Morgan fingerprint density at radius 2 is 1.82 bits per heavy atom. The molecule has 33 heavy (non-hydrogen) atoms. The van der Waals surface area contributed by atoms with Gasteiger partial charge in [-0.05, 0) is 70.5 Å². The second-order valence-electron chi connectivity index (χ2n) is 7.55. The number of hydrogen-bond acceptors (Lipinski definition) is 6. The number of halogens is 1. The van der Waals surface area contributed by atoms with Gasteiger partial charge in [0.1, 0.15) is 17.9 Å². The second kappa shape index (κ2) is 11.3. The van der Waals surface area contributed by atoms with E-state index >= 15 is 0 Å². The molecule has 7 heteroatoms. The number of nitrogens with one attached hydrogen (secondary N) is 1. The van der Waals surface area contributed by atoms with Gasteiger partial charge in [-0.25, -0.2) is 4.98 Å². The minimum atomic E-state index is -0.342. The number of para-hydroxylation sites is 2. The third kappa shape index (κ3) is 6.11. The number of hydrogen-bond donors (Lipinski definition) is 1. The summed E-state index contributed by atoms with van der Waals surface area (Å²) in [5.74, 6) is 0.871. The number of nitrogens with zero attached hydrogens (tertiary/aromatic N) is 1. The highest BCUT2D eigenvalue weighted by Crippen LogP contribution is 2.27. The van der Waals surface area contributed by atoms with E-state index in [9.17, 15) is 4.79 Å². The average Bonchev–Trinajstić information content (AvgIpc) is 3.26. The first-order chi connectivity index (χ1) is 16.1. The topological polar surface area (TPSA) is 73.6 Å². The highest BCUT2D eigenvalue weighted by Gasteiger charge is 2.23. The zero-order valence-corrected chi connectivity index (χ0v) is 20.4. The molecule has 0 fully saturated rings.